The highest BCUT2D eigenvalue weighted by atomic mass is 32.2. The van der Waals surface area contributed by atoms with Gasteiger partial charge in [0.25, 0.3) is 5.91 Å². The van der Waals surface area contributed by atoms with Crippen LogP contribution in [-0.2, 0) is 31.3 Å². The molecule has 1 amide bonds. The predicted molar refractivity (Wildman–Crippen MR) is 118 cm³/mol. The third-order valence-electron chi connectivity index (χ3n) is 6.17. The number of nitrogens with zero attached hydrogens (tertiary/aromatic N) is 1. The van der Waals surface area contributed by atoms with Crippen molar-refractivity contribution in [3.05, 3.63) is 88.0 Å². The molecule has 1 N–H and O–H groups in total. The molecule has 2 aliphatic rings. The van der Waals surface area contributed by atoms with Gasteiger partial charge in [-0.25, -0.2) is 0 Å². The van der Waals surface area contributed by atoms with E-state index in [0.717, 1.165) is 53.0 Å². The number of hydrogen-bond donors (Lipinski definition) is 1. The number of anilines is 1. The quantitative estimate of drug-likeness (QED) is 0.466. The van der Waals surface area contributed by atoms with Crippen LogP contribution in [-0.4, -0.2) is 11.0 Å². The topological polar surface area (TPSA) is 40.5 Å². The lowest BCUT2D eigenvalue weighted by atomic mass is 10.0. The lowest BCUT2D eigenvalue weighted by molar-refractivity contribution is -0.137. The second-order valence-electron chi connectivity index (χ2n) is 8.06. The zero-order valence-electron chi connectivity index (χ0n) is 17.1. The molecular formula is C25H20F3NO2S. The second kappa shape index (κ2) is 7.89. The van der Waals surface area contributed by atoms with E-state index in [-0.39, 0.29) is 5.91 Å². The smallest absolute Gasteiger partial charge is 0.416 e. The Morgan fingerprint density at radius 2 is 1.69 bits per heavy atom. The molecule has 5 rings (SSSR count). The summed E-state index contributed by atoms with van der Waals surface area (Å²) in [6, 6.07) is 14.0. The van der Waals surface area contributed by atoms with Crippen molar-refractivity contribution in [2.45, 2.75) is 42.6 Å². The van der Waals surface area contributed by atoms with Crippen molar-refractivity contribution >= 4 is 23.4 Å². The van der Waals surface area contributed by atoms with Gasteiger partial charge in [0.05, 0.1) is 12.1 Å². The SMILES string of the molecule is O=C1c2cccc(CSc3ccc(O)c4c3CCC4)c2CN1c1ccc(C(F)(F)F)cc1. The Bertz CT molecular complexity index is 1210. The number of halogens is 3. The van der Waals surface area contributed by atoms with E-state index in [1.807, 2.05) is 18.2 Å². The normalized spacial score (nSPS) is 15.2. The standard InChI is InChI=1S/C25H20F3NO2S/c26-25(27,28)16-7-9-17(10-8-16)29-13-21-15(3-1-6-20(21)24(29)31)14-32-23-12-11-22(30)18-4-2-5-19(18)23/h1,3,6-12,30H,2,4-5,13-14H2. The number of benzene rings is 3. The zero-order valence-corrected chi connectivity index (χ0v) is 17.9. The molecule has 3 aromatic rings. The molecule has 3 aromatic carbocycles. The highest BCUT2D eigenvalue weighted by molar-refractivity contribution is 7.98. The Kier molecular flexibility index (Phi) is 5.16. The predicted octanol–water partition coefficient (Wildman–Crippen LogP) is 6.35. The molecule has 0 radical (unpaired) electrons. The number of amides is 1. The van der Waals surface area contributed by atoms with Gasteiger partial charge in [0.15, 0.2) is 0 Å². The molecule has 0 atom stereocenters. The first-order valence-electron chi connectivity index (χ1n) is 10.4. The molecule has 0 unspecified atom stereocenters. The van der Waals surface area contributed by atoms with E-state index >= 15 is 0 Å². The lowest BCUT2D eigenvalue weighted by Crippen LogP contribution is -2.23. The minimum Gasteiger partial charge on any atom is -0.508 e. The average Bonchev–Trinajstić information content (AvgIpc) is 3.39. The van der Waals surface area contributed by atoms with Crippen LogP contribution in [0.5, 0.6) is 5.75 Å². The molecule has 0 saturated heterocycles. The highest BCUT2D eigenvalue weighted by Gasteiger charge is 2.33. The fourth-order valence-corrected chi connectivity index (χ4v) is 5.66. The maximum atomic E-state index is 13.0. The van der Waals surface area contributed by atoms with Crippen molar-refractivity contribution in [3.63, 3.8) is 0 Å². The van der Waals surface area contributed by atoms with Gasteiger partial charge >= 0.3 is 6.18 Å². The van der Waals surface area contributed by atoms with Crippen LogP contribution in [0.15, 0.2) is 59.5 Å². The van der Waals surface area contributed by atoms with Crippen molar-refractivity contribution in [1.82, 2.24) is 0 Å². The summed E-state index contributed by atoms with van der Waals surface area (Å²) in [6.45, 7) is 0.337. The molecule has 7 heteroatoms. The molecule has 32 heavy (non-hydrogen) atoms. The van der Waals surface area contributed by atoms with Crippen LogP contribution in [0, 0.1) is 0 Å². The van der Waals surface area contributed by atoms with Gasteiger partial charge in [-0.3, -0.25) is 4.79 Å². The minimum atomic E-state index is -4.41. The summed E-state index contributed by atoms with van der Waals surface area (Å²) in [5.74, 6) is 0.839. The third-order valence-corrected chi connectivity index (χ3v) is 7.32. The Morgan fingerprint density at radius 3 is 2.44 bits per heavy atom. The van der Waals surface area contributed by atoms with E-state index in [0.29, 0.717) is 29.3 Å². The van der Waals surface area contributed by atoms with Crippen molar-refractivity contribution in [2.24, 2.45) is 0 Å². The van der Waals surface area contributed by atoms with E-state index in [1.165, 1.54) is 22.6 Å². The summed E-state index contributed by atoms with van der Waals surface area (Å²) >= 11 is 1.69. The van der Waals surface area contributed by atoms with E-state index in [2.05, 4.69) is 0 Å². The number of carbonyl (C=O) groups excluding carboxylic acids is 1. The van der Waals surface area contributed by atoms with Crippen molar-refractivity contribution in [2.75, 3.05) is 4.90 Å². The number of aromatic hydroxyl groups is 1. The molecule has 0 saturated carbocycles. The molecular weight excluding hydrogens is 435 g/mol. The van der Waals surface area contributed by atoms with Gasteiger partial charge in [-0.1, -0.05) is 12.1 Å². The zero-order chi connectivity index (χ0) is 22.5. The largest absolute Gasteiger partial charge is 0.508 e. The first-order valence-corrected chi connectivity index (χ1v) is 11.4. The minimum absolute atomic E-state index is 0.197. The molecule has 3 nitrogen and oxygen atoms in total. The molecule has 1 aliphatic carbocycles. The van der Waals surface area contributed by atoms with Crippen LogP contribution in [0.4, 0.5) is 18.9 Å². The summed E-state index contributed by atoms with van der Waals surface area (Å²) in [4.78, 5) is 15.6. The van der Waals surface area contributed by atoms with Gasteiger partial charge in [0.1, 0.15) is 5.75 Å². The van der Waals surface area contributed by atoms with Gasteiger partial charge < -0.3 is 10.0 Å². The molecule has 164 valence electrons. The molecule has 0 bridgehead atoms. The Labute approximate surface area is 187 Å². The van der Waals surface area contributed by atoms with Crippen LogP contribution in [0.25, 0.3) is 0 Å². The van der Waals surface area contributed by atoms with Crippen LogP contribution >= 0.6 is 11.8 Å². The van der Waals surface area contributed by atoms with Crippen LogP contribution in [0.2, 0.25) is 0 Å². The van der Waals surface area contributed by atoms with Crippen LogP contribution in [0.1, 0.15) is 44.6 Å². The number of fused-ring (bicyclic) bond motifs is 2. The first-order chi connectivity index (χ1) is 15.3. The molecule has 0 spiro atoms. The number of carbonyl (C=O) groups is 1. The number of phenolic OH excluding ortho intramolecular Hbond substituents is 1. The Morgan fingerprint density at radius 1 is 0.938 bits per heavy atom. The fraction of sp³-hybridized carbons (Fsp3) is 0.240. The van der Waals surface area contributed by atoms with E-state index < -0.39 is 11.7 Å². The van der Waals surface area contributed by atoms with Gasteiger partial charge in [0.2, 0.25) is 0 Å². The third kappa shape index (κ3) is 3.64. The highest BCUT2D eigenvalue weighted by Crippen LogP contribution is 2.40. The van der Waals surface area contributed by atoms with Gasteiger partial charge in [-0.2, -0.15) is 13.2 Å². The summed E-state index contributed by atoms with van der Waals surface area (Å²) in [5.41, 5.74) is 4.52. The molecule has 1 heterocycles. The van der Waals surface area contributed by atoms with Gasteiger partial charge in [-0.15, -0.1) is 11.8 Å². The van der Waals surface area contributed by atoms with Crippen LogP contribution in [0.3, 0.4) is 0 Å². The van der Waals surface area contributed by atoms with E-state index in [9.17, 15) is 23.1 Å². The number of phenols is 1. The number of hydrogen-bond acceptors (Lipinski definition) is 3. The number of rotatable bonds is 4. The first kappa shape index (κ1) is 20.9. The monoisotopic (exact) mass is 455 g/mol. The van der Waals surface area contributed by atoms with Crippen molar-refractivity contribution < 1.29 is 23.1 Å². The maximum Gasteiger partial charge on any atom is 0.416 e. The number of thioether (sulfide) groups is 1. The molecule has 0 aromatic heterocycles. The van der Waals surface area contributed by atoms with Gasteiger partial charge in [0, 0.05) is 21.9 Å². The lowest BCUT2D eigenvalue weighted by Gasteiger charge is -2.17. The van der Waals surface area contributed by atoms with E-state index in [1.54, 1.807) is 23.9 Å². The summed E-state index contributed by atoms with van der Waals surface area (Å²) in [6.07, 6.45) is -1.51. The average molecular weight is 456 g/mol. The second-order valence-corrected chi connectivity index (χ2v) is 9.08. The van der Waals surface area contributed by atoms with Gasteiger partial charge in [-0.05, 0) is 84.0 Å². The summed E-state index contributed by atoms with van der Waals surface area (Å²) < 4.78 is 38.6. The molecule has 1 aliphatic heterocycles. The van der Waals surface area contributed by atoms with Crippen molar-refractivity contribution in [1.29, 1.82) is 0 Å². The summed E-state index contributed by atoms with van der Waals surface area (Å²) in [7, 11) is 0. The number of alkyl halides is 3. The Balaban J connectivity index is 1.38. The maximum absolute atomic E-state index is 13.0. The molecule has 0 fully saturated rings. The summed E-state index contributed by atoms with van der Waals surface area (Å²) in [5, 5.41) is 10.1. The fourth-order valence-electron chi connectivity index (χ4n) is 4.52. The van der Waals surface area contributed by atoms with Crippen LogP contribution < -0.4 is 4.90 Å². The Hall–Kier alpha value is -2.93. The van der Waals surface area contributed by atoms with Crippen molar-refractivity contribution in [3.8, 4) is 5.75 Å². The van der Waals surface area contributed by atoms with E-state index in [4.69, 9.17) is 0 Å².